The number of halogens is 1. The minimum absolute atomic E-state index is 0. The van der Waals surface area contributed by atoms with Crippen LogP contribution < -0.4 is 10.2 Å². The summed E-state index contributed by atoms with van der Waals surface area (Å²) in [5, 5.41) is 3.71. The Labute approximate surface area is 146 Å². The average molecular weight is 340 g/mol. The van der Waals surface area contributed by atoms with Crippen molar-refractivity contribution in [2.45, 2.75) is 64.1 Å². The van der Waals surface area contributed by atoms with E-state index in [1.165, 1.54) is 44.1 Å². The van der Waals surface area contributed by atoms with Crippen molar-refractivity contribution in [2.24, 2.45) is 0 Å². The molecule has 130 valence electrons. The van der Waals surface area contributed by atoms with Crippen LogP contribution >= 0.6 is 12.4 Å². The van der Waals surface area contributed by atoms with Gasteiger partial charge in [0.2, 0.25) is 0 Å². The van der Waals surface area contributed by atoms with Crippen LogP contribution in [0.3, 0.4) is 0 Å². The summed E-state index contributed by atoms with van der Waals surface area (Å²) in [5.74, 6) is 1.08. The van der Waals surface area contributed by atoms with Gasteiger partial charge in [-0.05, 0) is 31.4 Å². The predicted octanol–water partition coefficient (Wildman–Crippen LogP) is 3.54. The van der Waals surface area contributed by atoms with E-state index in [-0.39, 0.29) is 12.4 Å². The number of hydrogen-bond acceptors (Lipinski definition) is 4. The zero-order chi connectivity index (χ0) is 15.2. The van der Waals surface area contributed by atoms with E-state index >= 15 is 0 Å². The van der Waals surface area contributed by atoms with Crippen LogP contribution in [0.4, 0.5) is 5.82 Å². The first-order chi connectivity index (χ1) is 10.8. The second-order valence-electron chi connectivity index (χ2n) is 6.72. The van der Waals surface area contributed by atoms with Gasteiger partial charge in [-0.2, -0.15) is 0 Å². The Balaban J connectivity index is 0.00000192. The summed E-state index contributed by atoms with van der Waals surface area (Å²) in [7, 11) is 0. The van der Waals surface area contributed by atoms with Gasteiger partial charge in [0, 0.05) is 31.9 Å². The fraction of sp³-hybridized carbons (Fsp3) is 0.722. The first kappa shape index (κ1) is 18.5. The Hall–Kier alpha value is -0.840. The highest BCUT2D eigenvalue weighted by molar-refractivity contribution is 5.85. The molecule has 0 radical (unpaired) electrons. The molecule has 1 atom stereocenters. The normalized spacial score (nSPS) is 23.2. The zero-order valence-corrected chi connectivity index (χ0v) is 15.0. The zero-order valence-electron chi connectivity index (χ0n) is 14.2. The quantitative estimate of drug-likeness (QED) is 0.851. The minimum Gasteiger partial charge on any atom is -0.375 e. The monoisotopic (exact) mass is 339 g/mol. The number of nitrogens with zero attached hydrogens (tertiary/aromatic N) is 2. The second-order valence-corrected chi connectivity index (χ2v) is 6.72. The molecule has 1 N–H and O–H groups in total. The van der Waals surface area contributed by atoms with E-state index in [9.17, 15) is 0 Å². The van der Waals surface area contributed by atoms with Gasteiger partial charge in [0.25, 0.3) is 0 Å². The van der Waals surface area contributed by atoms with Crippen LogP contribution in [-0.4, -0.2) is 36.8 Å². The van der Waals surface area contributed by atoms with E-state index in [1.54, 1.807) is 0 Å². The van der Waals surface area contributed by atoms with Gasteiger partial charge in [0.15, 0.2) is 0 Å². The fourth-order valence-electron chi connectivity index (χ4n) is 3.48. The molecule has 0 aromatic carbocycles. The molecule has 0 spiro atoms. The molecule has 1 aliphatic heterocycles. The van der Waals surface area contributed by atoms with Gasteiger partial charge in [-0.15, -0.1) is 12.4 Å². The summed E-state index contributed by atoms with van der Waals surface area (Å²) < 4.78 is 5.59. The molecule has 2 heterocycles. The molecule has 4 nitrogen and oxygen atoms in total. The van der Waals surface area contributed by atoms with E-state index in [2.05, 4.69) is 34.3 Å². The largest absolute Gasteiger partial charge is 0.375 e. The lowest BCUT2D eigenvalue weighted by Crippen LogP contribution is -2.41. The van der Waals surface area contributed by atoms with E-state index in [1.807, 2.05) is 6.20 Å². The lowest BCUT2D eigenvalue weighted by Gasteiger charge is -2.32. The fourth-order valence-corrected chi connectivity index (χ4v) is 3.48. The number of ether oxygens (including phenoxy) is 1. The Morgan fingerprint density at radius 3 is 2.65 bits per heavy atom. The van der Waals surface area contributed by atoms with Crippen LogP contribution in [0.25, 0.3) is 0 Å². The number of rotatable bonds is 4. The first-order valence-corrected chi connectivity index (χ1v) is 8.86. The van der Waals surface area contributed by atoms with Crippen molar-refractivity contribution in [1.29, 1.82) is 0 Å². The van der Waals surface area contributed by atoms with Crippen molar-refractivity contribution in [3.63, 3.8) is 0 Å². The van der Waals surface area contributed by atoms with Gasteiger partial charge < -0.3 is 15.0 Å². The first-order valence-electron chi connectivity index (χ1n) is 8.86. The van der Waals surface area contributed by atoms with Crippen LogP contribution in [0.2, 0.25) is 0 Å². The number of hydrogen-bond donors (Lipinski definition) is 1. The molecular weight excluding hydrogens is 310 g/mol. The number of anilines is 1. The number of morpholine rings is 1. The molecule has 2 aliphatic rings. The number of aromatic nitrogens is 1. The van der Waals surface area contributed by atoms with E-state index in [0.717, 1.165) is 32.1 Å². The van der Waals surface area contributed by atoms with Crippen molar-refractivity contribution < 1.29 is 4.74 Å². The molecule has 1 unspecified atom stereocenters. The topological polar surface area (TPSA) is 37.4 Å². The van der Waals surface area contributed by atoms with E-state index < -0.39 is 0 Å². The third kappa shape index (κ3) is 5.63. The van der Waals surface area contributed by atoms with Crippen molar-refractivity contribution in [3.05, 3.63) is 23.9 Å². The maximum absolute atomic E-state index is 5.59. The van der Waals surface area contributed by atoms with Crippen LogP contribution in [0.15, 0.2) is 18.3 Å². The number of nitrogens with one attached hydrogen (secondary N) is 1. The van der Waals surface area contributed by atoms with Crippen LogP contribution in [0, 0.1) is 0 Å². The van der Waals surface area contributed by atoms with Crippen molar-refractivity contribution in [1.82, 2.24) is 10.3 Å². The Kier molecular flexibility index (Phi) is 7.60. The Morgan fingerprint density at radius 2 is 2.00 bits per heavy atom. The molecule has 23 heavy (non-hydrogen) atoms. The summed E-state index contributed by atoms with van der Waals surface area (Å²) in [4.78, 5) is 6.97. The molecule has 1 saturated heterocycles. The molecule has 1 aromatic rings. The molecular formula is C18H30ClN3O. The third-order valence-corrected chi connectivity index (χ3v) is 4.82. The lowest BCUT2D eigenvalue weighted by molar-refractivity contribution is 0.0529. The van der Waals surface area contributed by atoms with Crippen molar-refractivity contribution in [3.8, 4) is 0 Å². The Bertz CT molecular complexity index is 446. The summed E-state index contributed by atoms with van der Waals surface area (Å²) >= 11 is 0. The van der Waals surface area contributed by atoms with Gasteiger partial charge >= 0.3 is 0 Å². The number of pyridine rings is 1. The van der Waals surface area contributed by atoms with E-state index in [0.29, 0.717) is 12.1 Å². The summed E-state index contributed by atoms with van der Waals surface area (Å²) in [6, 6.07) is 5.07. The molecule has 1 aliphatic carbocycles. The molecule has 0 amide bonds. The molecule has 3 rings (SSSR count). The smallest absolute Gasteiger partial charge is 0.128 e. The van der Waals surface area contributed by atoms with Crippen LogP contribution in [0.1, 0.15) is 51.0 Å². The molecule has 1 saturated carbocycles. The highest BCUT2D eigenvalue weighted by Crippen LogP contribution is 2.18. The molecule has 0 bridgehead atoms. The van der Waals surface area contributed by atoms with Crippen molar-refractivity contribution >= 4 is 18.2 Å². The average Bonchev–Trinajstić information content (AvgIpc) is 2.82. The summed E-state index contributed by atoms with van der Waals surface area (Å²) in [6.07, 6.45) is 10.6. The van der Waals surface area contributed by atoms with Gasteiger partial charge in [0.05, 0.1) is 12.7 Å². The predicted molar refractivity (Wildman–Crippen MR) is 97.4 cm³/mol. The maximum atomic E-state index is 5.59. The van der Waals surface area contributed by atoms with Gasteiger partial charge in [-0.3, -0.25) is 0 Å². The maximum Gasteiger partial charge on any atom is 0.128 e. The third-order valence-electron chi connectivity index (χ3n) is 4.82. The highest BCUT2D eigenvalue weighted by atomic mass is 35.5. The highest BCUT2D eigenvalue weighted by Gasteiger charge is 2.17. The van der Waals surface area contributed by atoms with Crippen LogP contribution in [-0.2, 0) is 11.3 Å². The summed E-state index contributed by atoms with van der Waals surface area (Å²) in [5.41, 5.74) is 1.29. The molecule has 1 aromatic heterocycles. The van der Waals surface area contributed by atoms with E-state index in [4.69, 9.17) is 4.74 Å². The standard InChI is InChI=1S/C18H29N3O.ClH/c1-15-14-21(10-11-22-15)18-9-8-16(13-20-18)12-19-17-6-4-2-3-5-7-17;/h8-9,13,15,17,19H,2-7,10-12,14H2,1H3;1H. The van der Waals surface area contributed by atoms with Gasteiger partial charge in [-0.25, -0.2) is 4.98 Å². The molecule has 5 heteroatoms. The molecule has 2 fully saturated rings. The minimum atomic E-state index is 0. The second kappa shape index (κ2) is 9.45. The van der Waals surface area contributed by atoms with Crippen molar-refractivity contribution in [2.75, 3.05) is 24.6 Å². The lowest BCUT2D eigenvalue weighted by atomic mass is 10.1. The van der Waals surface area contributed by atoms with Gasteiger partial charge in [-0.1, -0.05) is 31.7 Å². The summed E-state index contributed by atoms with van der Waals surface area (Å²) in [6.45, 7) is 5.74. The Morgan fingerprint density at radius 1 is 1.22 bits per heavy atom. The van der Waals surface area contributed by atoms with Crippen LogP contribution in [0.5, 0.6) is 0 Å². The van der Waals surface area contributed by atoms with Gasteiger partial charge in [0.1, 0.15) is 5.82 Å². The SMILES string of the molecule is CC1CN(c2ccc(CNC3CCCCCC3)cn2)CCO1.Cl.